The van der Waals surface area contributed by atoms with Crippen molar-refractivity contribution in [1.29, 1.82) is 0 Å². The number of anilines is 1. The van der Waals surface area contributed by atoms with Gasteiger partial charge in [-0.25, -0.2) is 14.6 Å². The van der Waals surface area contributed by atoms with Gasteiger partial charge in [0, 0.05) is 18.7 Å². The highest BCUT2D eigenvalue weighted by atomic mass is 32.2. The van der Waals surface area contributed by atoms with E-state index in [2.05, 4.69) is 10.3 Å². The Morgan fingerprint density at radius 2 is 1.65 bits per heavy atom. The van der Waals surface area contributed by atoms with E-state index in [1.807, 2.05) is 12.1 Å². The number of carboxylic acids is 1. The van der Waals surface area contributed by atoms with Crippen molar-refractivity contribution in [3.8, 4) is 11.5 Å². The van der Waals surface area contributed by atoms with Crippen LogP contribution in [-0.2, 0) is 20.7 Å². The van der Waals surface area contributed by atoms with Gasteiger partial charge in [0.05, 0.1) is 37.6 Å². The lowest BCUT2D eigenvalue weighted by molar-refractivity contribution is -0.129. The molecule has 0 saturated carbocycles. The number of carbonyl (C=O) groups excluding carboxylic acids is 3. The summed E-state index contributed by atoms with van der Waals surface area (Å²) in [6.45, 7) is 2.28. The van der Waals surface area contributed by atoms with E-state index in [9.17, 15) is 19.2 Å². The fourth-order valence-corrected chi connectivity index (χ4v) is 5.38. The lowest BCUT2D eigenvalue weighted by atomic mass is 10.1. The van der Waals surface area contributed by atoms with E-state index in [4.69, 9.17) is 19.3 Å². The first-order valence-corrected chi connectivity index (χ1v) is 14.3. The number of amides is 2. The number of rotatable bonds is 11. The number of thioether (sulfide) groups is 1. The van der Waals surface area contributed by atoms with Crippen LogP contribution in [0.15, 0.2) is 71.7 Å². The summed E-state index contributed by atoms with van der Waals surface area (Å²) in [6.07, 6.45) is 0.427. The molecule has 1 unspecified atom stereocenters. The summed E-state index contributed by atoms with van der Waals surface area (Å²) in [5, 5.41) is 11.4. The third-order valence-electron chi connectivity index (χ3n) is 6.51. The van der Waals surface area contributed by atoms with Crippen LogP contribution in [0.25, 0.3) is 0 Å². The summed E-state index contributed by atoms with van der Waals surface area (Å²) in [4.78, 5) is 56.0. The van der Waals surface area contributed by atoms with Crippen molar-refractivity contribution in [3.05, 3.63) is 83.4 Å². The van der Waals surface area contributed by atoms with Crippen LogP contribution in [0.1, 0.15) is 39.6 Å². The Hall–Kier alpha value is -4.84. The summed E-state index contributed by atoms with van der Waals surface area (Å²) < 4.78 is 15.7. The van der Waals surface area contributed by atoms with E-state index in [1.165, 1.54) is 24.3 Å². The van der Waals surface area contributed by atoms with Crippen molar-refractivity contribution in [2.75, 3.05) is 32.7 Å². The zero-order chi connectivity index (χ0) is 30.9. The lowest BCUT2D eigenvalue weighted by Crippen LogP contribution is -2.46. The van der Waals surface area contributed by atoms with Gasteiger partial charge in [0.15, 0.2) is 16.7 Å². The van der Waals surface area contributed by atoms with Crippen LogP contribution in [0.3, 0.4) is 0 Å². The number of nitrogens with one attached hydrogen (secondary N) is 1. The monoisotopic (exact) mass is 605 g/mol. The molecular weight excluding hydrogens is 574 g/mol. The molecule has 0 aliphatic carbocycles. The van der Waals surface area contributed by atoms with Crippen molar-refractivity contribution in [3.63, 3.8) is 0 Å². The van der Waals surface area contributed by atoms with Gasteiger partial charge in [0.1, 0.15) is 5.25 Å². The van der Waals surface area contributed by atoms with E-state index in [0.717, 1.165) is 17.3 Å². The van der Waals surface area contributed by atoms with Crippen molar-refractivity contribution in [2.24, 2.45) is 4.99 Å². The van der Waals surface area contributed by atoms with E-state index in [1.54, 1.807) is 56.4 Å². The van der Waals surface area contributed by atoms with Crippen LogP contribution < -0.4 is 14.8 Å². The summed E-state index contributed by atoms with van der Waals surface area (Å²) >= 11 is 1.15. The van der Waals surface area contributed by atoms with Crippen molar-refractivity contribution in [2.45, 2.75) is 25.0 Å². The maximum atomic E-state index is 13.4. The molecule has 43 heavy (non-hydrogen) atoms. The quantitative estimate of drug-likeness (QED) is 0.295. The maximum absolute atomic E-state index is 13.4. The average molecular weight is 606 g/mol. The minimum atomic E-state index is -1.07. The molecule has 1 atom stereocenters. The molecule has 1 saturated heterocycles. The molecule has 11 nitrogen and oxygen atoms in total. The van der Waals surface area contributed by atoms with E-state index in [0.29, 0.717) is 46.6 Å². The van der Waals surface area contributed by atoms with Crippen molar-refractivity contribution in [1.82, 2.24) is 4.90 Å². The molecule has 0 bridgehead atoms. The second-order valence-corrected chi connectivity index (χ2v) is 10.5. The summed E-state index contributed by atoms with van der Waals surface area (Å²) in [5.74, 6) is -1.04. The predicted molar refractivity (Wildman–Crippen MR) is 162 cm³/mol. The molecule has 3 aromatic carbocycles. The number of nitrogens with zero attached hydrogens (tertiary/aromatic N) is 2. The van der Waals surface area contributed by atoms with E-state index >= 15 is 0 Å². The number of benzene rings is 3. The molecule has 0 radical (unpaired) electrons. The number of hydrogen-bond acceptors (Lipinski definition) is 9. The Kier molecular flexibility index (Phi) is 10.4. The molecule has 1 aliphatic heterocycles. The van der Waals surface area contributed by atoms with Gasteiger partial charge in [-0.3, -0.25) is 14.5 Å². The third kappa shape index (κ3) is 7.92. The number of aliphatic imine (C=N–C) groups is 1. The van der Waals surface area contributed by atoms with Crippen LogP contribution >= 0.6 is 11.8 Å². The van der Waals surface area contributed by atoms with Gasteiger partial charge in [-0.05, 0) is 79.6 Å². The number of amidine groups is 1. The summed E-state index contributed by atoms with van der Waals surface area (Å²) in [6, 6.07) is 17.8. The number of carboxylic acid groups (broad SMARTS) is 1. The lowest BCUT2D eigenvalue weighted by Gasteiger charge is -2.32. The van der Waals surface area contributed by atoms with Gasteiger partial charge in [-0.15, -0.1) is 0 Å². The standard InChI is InChI=1S/C31H31N3O8S/c1-4-42-30(39)21-8-12-23(13-9-21)33-31-34(16-15-19-5-14-24(40-2)25(17-19)41-3)27(35)18-26(43-31)28(36)32-22-10-6-20(7-11-22)29(37)38/h5-14,17,26H,4,15-16,18H2,1-3H3,(H,32,36)(H,37,38). The Morgan fingerprint density at radius 1 is 0.977 bits per heavy atom. The first-order chi connectivity index (χ1) is 20.7. The molecule has 0 spiro atoms. The van der Waals surface area contributed by atoms with Gasteiger partial charge in [0.2, 0.25) is 11.8 Å². The number of esters is 1. The molecule has 1 fully saturated rings. The summed E-state index contributed by atoms with van der Waals surface area (Å²) in [7, 11) is 3.11. The number of methoxy groups -OCH3 is 2. The largest absolute Gasteiger partial charge is 0.493 e. The van der Waals surface area contributed by atoms with E-state index in [-0.39, 0.29) is 24.5 Å². The van der Waals surface area contributed by atoms with Crippen LogP contribution in [0, 0.1) is 0 Å². The minimum Gasteiger partial charge on any atom is -0.493 e. The predicted octanol–water partition coefficient (Wildman–Crippen LogP) is 4.78. The normalized spacial score (nSPS) is 15.6. The summed E-state index contributed by atoms with van der Waals surface area (Å²) in [5.41, 5.74) is 2.28. The van der Waals surface area contributed by atoms with Crippen LogP contribution in [-0.4, -0.2) is 71.5 Å². The number of carbonyl (C=O) groups is 4. The molecule has 224 valence electrons. The van der Waals surface area contributed by atoms with Crippen LogP contribution in [0.4, 0.5) is 11.4 Å². The van der Waals surface area contributed by atoms with Gasteiger partial charge in [0.25, 0.3) is 0 Å². The zero-order valence-electron chi connectivity index (χ0n) is 23.9. The topological polar surface area (TPSA) is 144 Å². The smallest absolute Gasteiger partial charge is 0.338 e. The van der Waals surface area contributed by atoms with Crippen LogP contribution in [0.2, 0.25) is 0 Å². The molecule has 12 heteroatoms. The molecule has 2 N–H and O–H groups in total. The molecule has 3 aromatic rings. The first-order valence-electron chi connectivity index (χ1n) is 13.4. The van der Waals surface area contributed by atoms with Crippen LogP contribution in [0.5, 0.6) is 11.5 Å². The highest BCUT2D eigenvalue weighted by molar-refractivity contribution is 8.15. The highest BCUT2D eigenvalue weighted by Crippen LogP contribution is 2.32. The molecule has 1 aliphatic rings. The third-order valence-corrected chi connectivity index (χ3v) is 7.69. The Bertz CT molecular complexity index is 1520. The molecular formula is C31H31N3O8S. The van der Waals surface area contributed by atoms with Gasteiger partial charge in [-0.1, -0.05) is 17.8 Å². The number of ether oxygens (including phenoxy) is 3. The fraction of sp³-hybridized carbons (Fsp3) is 0.258. The molecule has 4 rings (SSSR count). The molecule has 1 heterocycles. The minimum absolute atomic E-state index is 0.0591. The highest BCUT2D eigenvalue weighted by Gasteiger charge is 2.36. The fourth-order valence-electron chi connectivity index (χ4n) is 4.25. The van der Waals surface area contributed by atoms with E-state index < -0.39 is 23.1 Å². The SMILES string of the molecule is CCOC(=O)c1ccc(N=C2SC(C(=O)Nc3ccc(C(=O)O)cc3)CC(=O)N2CCc2ccc(OC)c(OC)c2)cc1. The maximum Gasteiger partial charge on any atom is 0.338 e. The average Bonchev–Trinajstić information content (AvgIpc) is 3.01. The van der Waals surface area contributed by atoms with Crippen molar-refractivity contribution < 1.29 is 38.5 Å². The molecule has 0 aromatic heterocycles. The first kappa shape index (κ1) is 31.1. The van der Waals surface area contributed by atoms with Gasteiger partial charge in [-0.2, -0.15) is 0 Å². The Morgan fingerprint density at radius 3 is 2.28 bits per heavy atom. The zero-order valence-corrected chi connectivity index (χ0v) is 24.7. The van der Waals surface area contributed by atoms with Gasteiger partial charge >= 0.3 is 11.9 Å². The van der Waals surface area contributed by atoms with Crippen molar-refractivity contribution >= 4 is 52.1 Å². The molecule has 2 amide bonds. The van der Waals surface area contributed by atoms with Gasteiger partial charge < -0.3 is 24.6 Å². The Balaban J connectivity index is 1.56. The Labute approximate surface area is 252 Å². The number of aromatic carboxylic acids is 1. The number of hydrogen-bond donors (Lipinski definition) is 2. The second-order valence-electron chi connectivity index (χ2n) is 9.33. The second kappa shape index (κ2) is 14.4.